The first-order valence-corrected chi connectivity index (χ1v) is 4.94. The molecule has 0 aromatic heterocycles. The van der Waals surface area contributed by atoms with Gasteiger partial charge in [0.15, 0.2) is 0 Å². The van der Waals surface area contributed by atoms with Gasteiger partial charge in [0.2, 0.25) is 5.91 Å². The van der Waals surface area contributed by atoms with Crippen LogP contribution in [0.5, 0.6) is 0 Å². The van der Waals surface area contributed by atoms with Crippen LogP contribution in [-0.2, 0) is 4.79 Å². The van der Waals surface area contributed by atoms with Gasteiger partial charge in [-0.05, 0) is 12.8 Å². The van der Waals surface area contributed by atoms with Gasteiger partial charge in [0.25, 0.3) is 0 Å². The van der Waals surface area contributed by atoms with E-state index >= 15 is 0 Å². The summed E-state index contributed by atoms with van der Waals surface area (Å²) in [5, 5.41) is 15.2. The third-order valence-electron chi connectivity index (χ3n) is 1.69. The first kappa shape index (κ1) is 15.4. The van der Waals surface area contributed by atoms with Crippen LogP contribution >= 0.6 is 0 Å². The van der Waals surface area contributed by atoms with Crippen molar-refractivity contribution in [3.63, 3.8) is 0 Å². The fourth-order valence-electron chi connectivity index (χ4n) is 1.15. The minimum atomic E-state index is -0.0139. The topological polar surface area (TPSA) is 64.3 Å². The maximum atomic E-state index is 10.9. The highest BCUT2D eigenvalue weighted by molar-refractivity contribution is 5.78. The van der Waals surface area contributed by atoms with Gasteiger partial charge in [-0.1, -0.05) is 13.8 Å². The summed E-state index contributed by atoms with van der Waals surface area (Å²) < 4.78 is 0. The zero-order valence-corrected chi connectivity index (χ0v) is 9.29. The minimum absolute atomic E-state index is 0.0139. The van der Waals surface area contributed by atoms with Crippen LogP contribution in [-0.4, -0.2) is 36.1 Å². The number of amides is 1. The van der Waals surface area contributed by atoms with E-state index in [2.05, 4.69) is 0 Å². The Kier molecular flexibility index (Phi) is 13.1. The van der Waals surface area contributed by atoms with E-state index < -0.39 is 0 Å². The van der Waals surface area contributed by atoms with Crippen LogP contribution in [0.25, 0.3) is 0 Å². The number of likely N-dealkylation sites (tertiary alicyclic amines) is 1. The van der Waals surface area contributed by atoms with Gasteiger partial charge < -0.3 is 10.0 Å². The largest absolute Gasteiger partial charge is 0.400 e. The average molecular weight is 200 g/mol. The first-order chi connectivity index (χ1) is 6.84. The molecule has 0 unspecified atom stereocenters. The molecule has 14 heavy (non-hydrogen) atoms. The Morgan fingerprint density at radius 1 is 1.36 bits per heavy atom. The van der Waals surface area contributed by atoms with Crippen molar-refractivity contribution >= 4 is 5.91 Å². The Hall–Kier alpha value is -1.08. The van der Waals surface area contributed by atoms with Crippen LogP contribution in [0, 0.1) is 11.3 Å². The maximum Gasteiger partial charge on any atom is 0.236 e. The lowest BCUT2D eigenvalue weighted by Crippen LogP contribution is -2.26. The van der Waals surface area contributed by atoms with Crippen LogP contribution in [0.4, 0.5) is 0 Å². The van der Waals surface area contributed by atoms with E-state index in [1.165, 1.54) is 0 Å². The summed E-state index contributed by atoms with van der Waals surface area (Å²) >= 11 is 0. The second kappa shape index (κ2) is 11.9. The number of nitriles is 1. The van der Waals surface area contributed by atoms with Gasteiger partial charge in [-0.2, -0.15) is 5.26 Å². The van der Waals surface area contributed by atoms with Gasteiger partial charge in [-0.25, -0.2) is 0 Å². The first-order valence-electron chi connectivity index (χ1n) is 4.94. The molecule has 1 fully saturated rings. The Bertz CT molecular complexity index is 169. The minimum Gasteiger partial charge on any atom is -0.400 e. The average Bonchev–Trinajstić information content (AvgIpc) is 2.77. The summed E-state index contributed by atoms with van der Waals surface area (Å²) in [5.41, 5.74) is 0. The molecule has 0 bridgehead atoms. The van der Waals surface area contributed by atoms with Crippen molar-refractivity contribution < 1.29 is 9.90 Å². The molecule has 0 spiro atoms. The van der Waals surface area contributed by atoms with Crippen molar-refractivity contribution in [3.05, 3.63) is 0 Å². The van der Waals surface area contributed by atoms with Crippen molar-refractivity contribution in [2.75, 3.05) is 20.2 Å². The molecule has 1 aliphatic rings. The van der Waals surface area contributed by atoms with Crippen molar-refractivity contribution in [2.45, 2.75) is 33.1 Å². The Morgan fingerprint density at radius 3 is 2.14 bits per heavy atom. The number of rotatable bonds is 1. The summed E-state index contributed by atoms with van der Waals surface area (Å²) in [7, 11) is 1.00. The number of carbonyl (C=O) groups excluding carboxylic acids is 1. The second-order valence-electron chi connectivity index (χ2n) is 2.42. The maximum absolute atomic E-state index is 10.9. The molecular formula is C10H20N2O2. The van der Waals surface area contributed by atoms with E-state index in [9.17, 15) is 4.79 Å². The lowest BCUT2D eigenvalue weighted by molar-refractivity contribution is -0.129. The molecule has 0 aromatic rings. The molecule has 82 valence electrons. The van der Waals surface area contributed by atoms with E-state index in [1.54, 1.807) is 4.90 Å². The number of aliphatic hydroxyl groups excluding tert-OH is 1. The predicted molar refractivity (Wildman–Crippen MR) is 55.5 cm³/mol. The lowest BCUT2D eigenvalue weighted by Gasteiger charge is -2.11. The van der Waals surface area contributed by atoms with Gasteiger partial charge in [-0.3, -0.25) is 4.79 Å². The Balaban J connectivity index is 0. The van der Waals surface area contributed by atoms with E-state index in [0.29, 0.717) is 0 Å². The van der Waals surface area contributed by atoms with E-state index in [0.717, 1.165) is 33.0 Å². The van der Waals surface area contributed by atoms with Gasteiger partial charge in [-0.15, -0.1) is 0 Å². The van der Waals surface area contributed by atoms with Crippen LogP contribution in [0.1, 0.15) is 33.1 Å². The molecule has 4 nitrogen and oxygen atoms in total. The van der Waals surface area contributed by atoms with E-state index in [-0.39, 0.29) is 12.3 Å². The third kappa shape index (κ3) is 6.44. The van der Waals surface area contributed by atoms with Crippen LogP contribution in [0.2, 0.25) is 0 Å². The van der Waals surface area contributed by atoms with Crippen LogP contribution in [0.15, 0.2) is 0 Å². The number of aliphatic hydroxyl groups is 1. The van der Waals surface area contributed by atoms with Gasteiger partial charge in [0.05, 0.1) is 6.07 Å². The number of hydrogen-bond donors (Lipinski definition) is 1. The van der Waals surface area contributed by atoms with Gasteiger partial charge in [0, 0.05) is 20.2 Å². The standard InChI is InChI=1S/C7H10N2O.C2H6.CH4O/c8-4-3-7(10)9-5-1-2-6-9;2*1-2/h1-3,5-6H2;1-2H3;2H,1H3. The van der Waals surface area contributed by atoms with E-state index in [4.69, 9.17) is 10.4 Å². The normalized spacial score (nSPS) is 12.9. The summed E-state index contributed by atoms with van der Waals surface area (Å²) in [5.74, 6) is -0.0139. The summed E-state index contributed by atoms with van der Waals surface area (Å²) in [6, 6.07) is 1.85. The third-order valence-corrected chi connectivity index (χ3v) is 1.69. The quantitative estimate of drug-likeness (QED) is 0.690. The van der Waals surface area contributed by atoms with Crippen molar-refractivity contribution in [2.24, 2.45) is 0 Å². The molecule has 1 heterocycles. The molecule has 0 aromatic carbocycles. The van der Waals surface area contributed by atoms with E-state index in [1.807, 2.05) is 19.9 Å². The monoisotopic (exact) mass is 200 g/mol. The molecule has 1 aliphatic heterocycles. The molecule has 1 saturated heterocycles. The number of nitrogens with zero attached hydrogens (tertiary/aromatic N) is 2. The Morgan fingerprint density at radius 2 is 1.79 bits per heavy atom. The molecule has 0 atom stereocenters. The molecule has 0 radical (unpaired) electrons. The van der Waals surface area contributed by atoms with Crippen molar-refractivity contribution in [1.82, 2.24) is 4.90 Å². The second-order valence-corrected chi connectivity index (χ2v) is 2.42. The van der Waals surface area contributed by atoms with Crippen molar-refractivity contribution in [1.29, 1.82) is 5.26 Å². The SMILES string of the molecule is CC.CO.N#CCC(=O)N1CCCC1. The molecule has 1 rings (SSSR count). The molecule has 0 aliphatic carbocycles. The summed E-state index contributed by atoms with van der Waals surface area (Å²) in [6.07, 6.45) is 2.23. The molecule has 1 amide bonds. The predicted octanol–water partition coefficient (Wildman–Crippen LogP) is 1.16. The molecule has 1 N–H and O–H groups in total. The zero-order valence-electron chi connectivity index (χ0n) is 9.29. The lowest BCUT2D eigenvalue weighted by atomic mass is 10.4. The number of hydrogen-bond acceptors (Lipinski definition) is 3. The fourth-order valence-corrected chi connectivity index (χ4v) is 1.15. The smallest absolute Gasteiger partial charge is 0.236 e. The molecule has 0 saturated carbocycles. The Labute approximate surface area is 86.1 Å². The molecular weight excluding hydrogens is 180 g/mol. The highest BCUT2D eigenvalue weighted by atomic mass is 16.2. The molecule has 4 heteroatoms. The van der Waals surface area contributed by atoms with Gasteiger partial charge >= 0.3 is 0 Å². The highest BCUT2D eigenvalue weighted by Gasteiger charge is 2.16. The highest BCUT2D eigenvalue weighted by Crippen LogP contribution is 2.07. The van der Waals surface area contributed by atoms with Crippen LogP contribution < -0.4 is 0 Å². The van der Waals surface area contributed by atoms with Crippen LogP contribution in [0.3, 0.4) is 0 Å². The fraction of sp³-hybridized carbons (Fsp3) is 0.800. The van der Waals surface area contributed by atoms with Crippen molar-refractivity contribution in [3.8, 4) is 6.07 Å². The summed E-state index contributed by atoms with van der Waals surface area (Å²) in [6.45, 7) is 5.70. The summed E-state index contributed by atoms with van der Waals surface area (Å²) in [4.78, 5) is 12.7. The number of carbonyl (C=O) groups is 1. The van der Waals surface area contributed by atoms with Gasteiger partial charge in [0.1, 0.15) is 6.42 Å². The zero-order chi connectivity index (χ0) is 11.4.